The molecule has 32 heavy (non-hydrogen) atoms. The van der Waals surface area contributed by atoms with Gasteiger partial charge in [0, 0.05) is 12.1 Å². The molecule has 0 saturated heterocycles. The molecule has 0 aliphatic rings. The number of carbonyl (C=O) groups is 1. The van der Waals surface area contributed by atoms with E-state index in [0.29, 0.717) is 34.4 Å². The summed E-state index contributed by atoms with van der Waals surface area (Å²) in [5.74, 6) is 1.19. The summed E-state index contributed by atoms with van der Waals surface area (Å²) >= 11 is 5.42. The predicted octanol–water partition coefficient (Wildman–Crippen LogP) is 4.00. The molecule has 162 valence electrons. The lowest BCUT2D eigenvalue weighted by molar-refractivity contribution is 0.0951. The Labute approximate surface area is 189 Å². The molecule has 7 nitrogen and oxygen atoms in total. The molecular formula is C24H21N3O4S. The highest BCUT2D eigenvalue weighted by molar-refractivity contribution is 7.71. The quantitative estimate of drug-likeness (QED) is 0.437. The number of rotatable bonds is 6. The molecule has 1 heterocycles. The van der Waals surface area contributed by atoms with Crippen LogP contribution >= 0.6 is 12.2 Å². The second kappa shape index (κ2) is 9.07. The van der Waals surface area contributed by atoms with Crippen molar-refractivity contribution in [3.8, 4) is 17.2 Å². The number of nitrogens with zero attached hydrogens (tertiary/aromatic N) is 1. The predicted molar refractivity (Wildman–Crippen MR) is 125 cm³/mol. The average molecular weight is 448 g/mol. The van der Waals surface area contributed by atoms with E-state index in [4.69, 9.17) is 21.7 Å². The van der Waals surface area contributed by atoms with Crippen LogP contribution in [0.4, 0.5) is 0 Å². The van der Waals surface area contributed by atoms with Crippen LogP contribution in [0, 0.1) is 4.77 Å². The number of methoxy groups -OCH3 is 2. The third-order valence-electron chi connectivity index (χ3n) is 5.10. The minimum Gasteiger partial charge on any atom is -0.497 e. The Bertz CT molecular complexity index is 1390. The fourth-order valence-electron chi connectivity index (χ4n) is 3.35. The first-order valence-corrected chi connectivity index (χ1v) is 10.3. The van der Waals surface area contributed by atoms with Crippen LogP contribution in [0.5, 0.6) is 11.5 Å². The summed E-state index contributed by atoms with van der Waals surface area (Å²) in [7, 11) is 3.18. The second-order valence-corrected chi connectivity index (χ2v) is 7.45. The van der Waals surface area contributed by atoms with Crippen LogP contribution in [0.3, 0.4) is 0 Å². The molecule has 1 amide bonds. The lowest BCUT2D eigenvalue weighted by Crippen LogP contribution is -2.24. The van der Waals surface area contributed by atoms with Crippen molar-refractivity contribution in [1.29, 1.82) is 0 Å². The molecule has 1 aromatic heterocycles. The zero-order chi connectivity index (χ0) is 22.7. The van der Waals surface area contributed by atoms with Gasteiger partial charge >= 0.3 is 0 Å². The molecule has 0 aliphatic heterocycles. The summed E-state index contributed by atoms with van der Waals surface area (Å²) in [5, 5.41) is 3.31. The number of carbonyl (C=O) groups excluding carboxylic acids is 1. The minimum absolute atomic E-state index is 0.239. The average Bonchev–Trinajstić information content (AvgIpc) is 2.83. The van der Waals surface area contributed by atoms with E-state index in [-0.39, 0.29) is 16.2 Å². The fourth-order valence-corrected chi connectivity index (χ4v) is 3.65. The van der Waals surface area contributed by atoms with Crippen molar-refractivity contribution >= 4 is 29.0 Å². The number of ether oxygens (including phenoxy) is 2. The first-order chi connectivity index (χ1) is 15.5. The first-order valence-electron chi connectivity index (χ1n) is 9.85. The van der Waals surface area contributed by atoms with Gasteiger partial charge in [0.05, 0.1) is 30.8 Å². The van der Waals surface area contributed by atoms with Crippen molar-refractivity contribution in [2.75, 3.05) is 14.2 Å². The molecule has 0 spiro atoms. The number of H-pyrrole nitrogens is 1. The van der Waals surface area contributed by atoms with Gasteiger partial charge in [-0.25, -0.2) is 0 Å². The van der Waals surface area contributed by atoms with E-state index >= 15 is 0 Å². The van der Waals surface area contributed by atoms with E-state index in [1.165, 1.54) is 4.57 Å². The number of aromatic amines is 1. The molecule has 0 unspecified atom stereocenters. The van der Waals surface area contributed by atoms with Crippen LogP contribution in [0.25, 0.3) is 16.6 Å². The van der Waals surface area contributed by atoms with Crippen LogP contribution in [-0.4, -0.2) is 29.7 Å². The second-order valence-electron chi connectivity index (χ2n) is 7.06. The lowest BCUT2D eigenvalue weighted by atomic mass is 10.1. The maximum absolute atomic E-state index is 13.1. The van der Waals surface area contributed by atoms with Crippen LogP contribution in [0.15, 0.2) is 71.5 Å². The van der Waals surface area contributed by atoms with E-state index in [1.54, 1.807) is 56.7 Å². The zero-order valence-electron chi connectivity index (χ0n) is 17.5. The largest absolute Gasteiger partial charge is 0.497 e. The number of benzene rings is 3. The molecule has 8 heteroatoms. The zero-order valence-corrected chi connectivity index (χ0v) is 18.4. The number of amides is 1. The van der Waals surface area contributed by atoms with E-state index < -0.39 is 0 Å². The maximum atomic E-state index is 13.1. The summed E-state index contributed by atoms with van der Waals surface area (Å²) in [6, 6.07) is 19.4. The number of nitrogens with one attached hydrogen (secondary N) is 2. The van der Waals surface area contributed by atoms with Crippen molar-refractivity contribution in [3.05, 3.63) is 93.0 Å². The molecule has 3 aromatic carbocycles. The van der Waals surface area contributed by atoms with Crippen molar-refractivity contribution in [1.82, 2.24) is 14.9 Å². The van der Waals surface area contributed by atoms with Gasteiger partial charge in [0.15, 0.2) is 4.77 Å². The minimum atomic E-state index is -0.265. The first kappa shape index (κ1) is 21.3. The molecule has 0 saturated carbocycles. The highest BCUT2D eigenvalue weighted by atomic mass is 32.1. The normalized spacial score (nSPS) is 10.7. The summed E-state index contributed by atoms with van der Waals surface area (Å²) in [5.41, 5.74) is 2.24. The Morgan fingerprint density at radius 1 is 0.969 bits per heavy atom. The monoisotopic (exact) mass is 447 g/mol. The van der Waals surface area contributed by atoms with Gasteiger partial charge in [-0.05, 0) is 72.4 Å². The Morgan fingerprint density at radius 2 is 1.59 bits per heavy atom. The molecule has 2 N–H and O–H groups in total. The third-order valence-corrected chi connectivity index (χ3v) is 5.39. The summed E-state index contributed by atoms with van der Waals surface area (Å²) in [6.45, 7) is 0.371. The molecule has 0 aliphatic carbocycles. The number of hydrogen-bond donors (Lipinski definition) is 2. The maximum Gasteiger partial charge on any atom is 0.266 e. The van der Waals surface area contributed by atoms with Crippen molar-refractivity contribution in [2.24, 2.45) is 0 Å². The molecule has 0 atom stereocenters. The van der Waals surface area contributed by atoms with Gasteiger partial charge in [0.2, 0.25) is 0 Å². The summed E-state index contributed by atoms with van der Waals surface area (Å²) in [4.78, 5) is 28.8. The summed E-state index contributed by atoms with van der Waals surface area (Å²) in [6.07, 6.45) is 0. The smallest absolute Gasteiger partial charge is 0.266 e. The topological polar surface area (TPSA) is 85.3 Å². The van der Waals surface area contributed by atoms with Crippen LogP contribution in [-0.2, 0) is 6.54 Å². The van der Waals surface area contributed by atoms with Gasteiger partial charge in [-0.1, -0.05) is 12.1 Å². The van der Waals surface area contributed by atoms with E-state index in [1.807, 2.05) is 24.3 Å². The number of hydrogen-bond acceptors (Lipinski definition) is 5. The number of aromatic nitrogens is 2. The standard InChI is InChI=1S/C24H21N3O4S/c1-30-18-8-3-15(4-9-18)14-25-22(28)16-5-12-20-21(13-16)26-24(32)27(23(20)29)17-6-10-19(31-2)11-7-17/h3-13H,14H2,1-2H3,(H,25,28)(H,26,32). The van der Waals surface area contributed by atoms with Gasteiger partial charge in [0.25, 0.3) is 11.5 Å². The highest BCUT2D eigenvalue weighted by Crippen LogP contribution is 2.17. The van der Waals surface area contributed by atoms with Crippen molar-refractivity contribution < 1.29 is 14.3 Å². The fraction of sp³-hybridized carbons (Fsp3) is 0.125. The molecule has 0 bridgehead atoms. The Hall–Kier alpha value is -3.91. The molecule has 0 radical (unpaired) electrons. The van der Waals surface area contributed by atoms with E-state index in [0.717, 1.165) is 11.3 Å². The summed E-state index contributed by atoms with van der Waals surface area (Å²) < 4.78 is 12.0. The number of fused-ring (bicyclic) bond motifs is 1. The van der Waals surface area contributed by atoms with Crippen LogP contribution in [0.1, 0.15) is 15.9 Å². The molecule has 4 rings (SSSR count). The van der Waals surface area contributed by atoms with E-state index in [2.05, 4.69) is 10.3 Å². The molecular weight excluding hydrogens is 426 g/mol. The van der Waals surface area contributed by atoms with Gasteiger partial charge < -0.3 is 19.8 Å². The van der Waals surface area contributed by atoms with Gasteiger partial charge in [-0.3, -0.25) is 14.2 Å². The van der Waals surface area contributed by atoms with Crippen LogP contribution < -0.4 is 20.3 Å². The van der Waals surface area contributed by atoms with Crippen LogP contribution in [0.2, 0.25) is 0 Å². The Kier molecular flexibility index (Phi) is 6.04. The van der Waals surface area contributed by atoms with E-state index in [9.17, 15) is 9.59 Å². The highest BCUT2D eigenvalue weighted by Gasteiger charge is 2.12. The Balaban J connectivity index is 1.60. The SMILES string of the molecule is COc1ccc(CNC(=O)c2ccc3c(=O)n(-c4ccc(OC)cc4)c(=S)[nH]c3c2)cc1. The van der Waals surface area contributed by atoms with Crippen molar-refractivity contribution in [3.63, 3.8) is 0 Å². The lowest BCUT2D eigenvalue weighted by Gasteiger charge is -2.10. The molecule has 0 fully saturated rings. The van der Waals surface area contributed by atoms with Gasteiger partial charge in [-0.2, -0.15) is 0 Å². The third kappa shape index (κ3) is 4.26. The van der Waals surface area contributed by atoms with Gasteiger partial charge in [-0.15, -0.1) is 0 Å². The van der Waals surface area contributed by atoms with Gasteiger partial charge in [0.1, 0.15) is 11.5 Å². The van der Waals surface area contributed by atoms with Crippen molar-refractivity contribution in [2.45, 2.75) is 6.54 Å². The Morgan fingerprint density at radius 3 is 2.22 bits per heavy atom. The molecule has 4 aromatic rings.